The number of rotatable bonds is 16. The number of Topliss-reactive ketones (excluding diaryl/α,β-unsaturated/α-hetero) is 2. The van der Waals surface area contributed by atoms with Gasteiger partial charge in [-0.05, 0) is 24.3 Å². The molecule has 2 fully saturated rings. The van der Waals surface area contributed by atoms with Gasteiger partial charge in [-0.25, -0.2) is 9.97 Å². The first-order valence-electron chi connectivity index (χ1n) is 22.2. The number of fused-ring (bicyclic) bond motifs is 2. The van der Waals surface area contributed by atoms with Crippen LogP contribution in [0, 0.1) is 0 Å². The Hall–Kier alpha value is -6.28. The number of nitrogens with zero attached hydrogens (tertiary/aromatic N) is 8. The summed E-state index contributed by atoms with van der Waals surface area (Å²) in [7, 11) is -4.87. The van der Waals surface area contributed by atoms with Crippen LogP contribution < -0.4 is 28.7 Å². The maximum absolute atomic E-state index is 13.4. The molecule has 0 radical (unpaired) electrons. The maximum atomic E-state index is 13.4. The minimum absolute atomic E-state index is 0. The summed E-state index contributed by atoms with van der Waals surface area (Å²) in [4.78, 5) is 133. The van der Waals surface area contributed by atoms with Crippen molar-refractivity contribution in [3.63, 3.8) is 0 Å². The van der Waals surface area contributed by atoms with Crippen LogP contribution >= 0.6 is 15.6 Å². The van der Waals surface area contributed by atoms with Gasteiger partial charge in [0.05, 0.1) is 62.7 Å². The van der Waals surface area contributed by atoms with Crippen LogP contribution in [0.4, 0.5) is 0 Å². The third kappa shape index (κ3) is 13.4. The molecule has 2 aliphatic rings. The van der Waals surface area contributed by atoms with Crippen molar-refractivity contribution in [3.8, 4) is 23.3 Å². The van der Waals surface area contributed by atoms with Crippen molar-refractivity contribution in [2.24, 2.45) is 0 Å². The molecule has 4 aromatic heterocycles. The van der Waals surface area contributed by atoms with Gasteiger partial charge in [0.15, 0.2) is 0 Å². The molecule has 75 heavy (non-hydrogen) atoms. The van der Waals surface area contributed by atoms with E-state index in [9.17, 15) is 47.7 Å². The van der Waals surface area contributed by atoms with Crippen molar-refractivity contribution in [1.29, 1.82) is 0 Å². The zero-order valence-electron chi connectivity index (χ0n) is 40.8. The molecule has 2 saturated heterocycles. The van der Waals surface area contributed by atoms with Crippen LogP contribution in [0.2, 0.25) is 0 Å². The summed E-state index contributed by atoms with van der Waals surface area (Å²) in [5.74, 6) is -3.40. The fraction of sp³-hybridized carbons (Fsp3) is 0.304. The average molecular weight is 1100 g/mol. The second kappa shape index (κ2) is 25.0. The van der Waals surface area contributed by atoms with E-state index >= 15 is 0 Å². The van der Waals surface area contributed by atoms with Gasteiger partial charge in [-0.1, -0.05) is 36.4 Å². The first-order chi connectivity index (χ1) is 35.3. The summed E-state index contributed by atoms with van der Waals surface area (Å²) >= 11 is 0. The second-order valence-corrected chi connectivity index (χ2v) is 18.5. The smallest absolute Gasteiger partial charge is 0.756 e. The molecule has 0 spiro atoms. The quantitative estimate of drug-likeness (QED) is 0.0589. The number of methoxy groups -OCH3 is 4. The zero-order chi connectivity index (χ0) is 53.5. The Morgan fingerprint density at radius 1 is 0.533 bits per heavy atom. The minimum Gasteiger partial charge on any atom is -0.756 e. The summed E-state index contributed by atoms with van der Waals surface area (Å²) in [5.41, 5.74) is 1.14. The summed E-state index contributed by atoms with van der Waals surface area (Å²) < 4.78 is 54.8. The van der Waals surface area contributed by atoms with Gasteiger partial charge in [0.1, 0.15) is 36.0 Å². The molecule has 26 nitrogen and oxygen atoms in total. The topological polar surface area (TPSA) is 327 Å². The number of carbonyl (C=O) groups excluding carboxylic acids is 6. The molecular formula is C46H48CaN8O18P2. The van der Waals surface area contributed by atoms with Crippen molar-refractivity contribution in [2.75, 3.05) is 80.8 Å². The number of piperazine rings is 2. The number of amides is 4. The Morgan fingerprint density at radius 3 is 1.15 bits per heavy atom. The zero-order valence-corrected chi connectivity index (χ0v) is 44.8. The van der Waals surface area contributed by atoms with Crippen molar-refractivity contribution < 1.29 is 85.5 Å². The van der Waals surface area contributed by atoms with Crippen molar-refractivity contribution in [3.05, 3.63) is 108 Å². The monoisotopic (exact) mass is 1100 g/mol. The summed E-state index contributed by atoms with van der Waals surface area (Å²) in [6, 6.07) is 17.5. The third-order valence-electron chi connectivity index (χ3n) is 11.8. The predicted molar refractivity (Wildman–Crippen MR) is 260 cm³/mol. The van der Waals surface area contributed by atoms with Gasteiger partial charge in [0.2, 0.25) is 11.8 Å². The van der Waals surface area contributed by atoms with E-state index in [0.29, 0.717) is 11.1 Å². The molecule has 392 valence electrons. The molecule has 2 aromatic carbocycles. The Morgan fingerprint density at radius 2 is 0.853 bits per heavy atom. The van der Waals surface area contributed by atoms with E-state index in [1.165, 1.54) is 72.2 Å². The van der Waals surface area contributed by atoms with E-state index in [1.807, 2.05) is 12.1 Å². The molecule has 29 heteroatoms. The van der Waals surface area contributed by atoms with Crippen LogP contribution in [-0.2, 0) is 41.2 Å². The number of ether oxygens (including phenoxy) is 4. The van der Waals surface area contributed by atoms with Crippen LogP contribution in [0.5, 0.6) is 23.3 Å². The third-order valence-corrected chi connectivity index (χ3v) is 12.7. The van der Waals surface area contributed by atoms with Gasteiger partial charge < -0.3 is 67.3 Å². The fourth-order valence-corrected chi connectivity index (χ4v) is 8.79. The van der Waals surface area contributed by atoms with Crippen molar-refractivity contribution in [2.45, 2.75) is 13.5 Å². The van der Waals surface area contributed by atoms with Gasteiger partial charge in [-0.15, -0.1) is 0 Å². The van der Waals surface area contributed by atoms with Gasteiger partial charge >= 0.3 is 37.7 Å². The number of carbonyl (C=O) groups is 6. The number of hydrogen-bond donors (Lipinski definition) is 2. The number of phosphoric acid groups is 2. The number of phosphoric ester groups is 2. The first kappa shape index (κ1) is 58.0. The van der Waals surface area contributed by atoms with E-state index in [1.54, 1.807) is 58.3 Å². The molecule has 6 aromatic rings. The number of ketones is 2. The molecule has 2 atom stereocenters. The van der Waals surface area contributed by atoms with Gasteiger partial charge in [-0.3, -0.25) is 46.9 Å². The van der Waals surface area contributed by atoms with Gasteiger partial charge in [0.25, 0.3) is 50.8 Å². The molecule has 2 N–H and O–H groups in total. The van der Waals surface area contributed by atoms with E-state index in [4.69, 9.17) is 28.7 Å². The Labute approximate surface area is 457 Å². The van der Waals surface area contributed by atoms with E-state index in [0.717, 1.165) is 0 Å². The molecule has 2 unspecified atom stereocenters. The Kier molecular flexibility index (Phi) is 19.4. The second-order valence-electron chi connectivity index (χ2n) is 16.2. The van der Waals surface area contributed by atoms with Crippen LogP contribution in [0.25, 0.3) is 21.8 Å². The maximum Gasteiger partial charge on any atom is 2.00 e. The van der Waals surface area contributed by atoms with Gasteiger partial charge in [0, 0.05) is 75.9 Å². The van der Waals surface area contributed by atoms with Crippen LogP contribution in [0.1, 0.15) is 41.4 Å². The summed E-state index contributed by atoms with van der Waals surface area (Å²) in [5, 5.41) is 0.320. The van der Waals surface area contributed by atoms with E-state index in [-0.39, 0.29) is 158 Å². The van der Waals surface area contributed by atoms with Crippen molar-refractivity contribution in [1.82, 2.24) is 38.7 Å². The van der Waals surface area contributed by atoms with E-state index < -0.39 is 52.5 Å². The Bertz CT molecular complexity index is 2970. The number of pyridine rings is 2. The molecule has 0 saturated carbocycles. The minimum atomic E-state index is -5.10. The molecule has 6 heterocycles. The van der Waals surface area contributed by atoms with Crippen molar-refractivity contribution >= 4 is 110 Å². The largest absolute Gasteiger partial charge is 2.00 e. The first-order valence-corrected chi connectivity index (χ1v) is 25.2. The molecule has 8 rings (SSSR count). The fourth-order valence-electron chi connectivity index (χ4n) is 8.25. The van der Waals surface area contributed by atoms with Crippen LogP contribution in [0.15, 0.2) is 85.5 Å². The molecule has 2 aliphatic heterocycles. The van der Waals surface area contributed by atoms with Gasteiger partial charge in [-0.2, -0.15) is 0 Å². The standard InChI is InChI=1S/2C23H25N4O9P.Ca/c2*1-34-17-12-24-21(35-2)19-18(17)16(13-27(19)14-36-37(31,32)33)20(28)23(30)26-10-8-25(9-11-26)22(29)15-6-4-3-5-7-15;/h2*3-7,12-13H,8-11,14H2,1-2H3,(H2,31,32,33);/q;;+2/p-2. The Balaban J connectivity index is 0.000000241. The summed E-state index contributed by atoms with van der Waals surface area (Å²) in [6.45, 7) is 0.178. The predicted octanol–water partition coefficient (Wildman–Crippen LogP) is 0.930. The number of benzene rings is 2. The molecule has 4 amide bonds. The SMILES string of the molecule is COc1cnc(OC)c2c1c(C(=O)C(=O)N1CCN(C(=O)c3ccccc3)CC1)cn2COP(=O)([O-])O.COc1cnc(OC)c2c1c(C(=O)C(=O)N1CCN(C(=O)c3ccccc3)CC1)cn2COP(=O)([O-])O.[Ca+2]. The number of hydrogen-bond acceptors (Lipinski definition) is 18. The molecule has 0 bridgehead atoms. The van der Waals surface area contributed by atoms with Crippen LogP contribution in [-0.4, -0.2) is 202 Å². The van der Waals surface area contributed by atoms with E-state index in [2.05, 4.69) is 19.0 Å². The number of aromatic nitrogens is 4. The normalized spacial score (nSPS) is 15.1. The average Bonchev–Trinajstić information content (AvgIpc) is 4.00. The van der Waals surface area contributed by atoms with Crippen LogP contribution in [0.3, 0.4) is 0 Å². The molecule has 0 aliphatic carbocycles. The molecular weight excluding hydrogens is 1050 g/mol. The summed E-state index contributed by atoms with van der Waals surface area (Å²) in [6.07, 6.45) is 5.02.